The van der Waals surface area contributed by atoms with Crippen LogP contribution in [0.5, 0.6) is 0 Å². The number of nitrogens with zero attached hydrogens (tertiary/aromatic N) is 7. The van der Waals surface area contributed by atoms with E-state index in [-0.39, 0.29) is 12.1 Å². The highest BCUT2D eigenvalue weighted by Crippen LogP contribution is 2.83. The van der Waals surface area contributed by atoms with Gasteiger partial charge in [-0.25, -0.2) is 4.98 Å². The van der Waals surface area contributed by atoms with Gasteiger partial charge in [-0.2, -0.15) is 0 Å². The second kappa shape index (κ2) is 14.4. The SMILES string of the molecule is C1=NC2=C(C3=C4Cc5c(c6c(n5-c5c(-c7ccccc7)cccc5-c5ccccc5)Cc5c7n(c8cnc9c(c58)C5CC8CC%10CC9CC%1085)C5C=Nc8c(oc9ccccc89)C5=C67)-c5c4n(c4cnc6c7ccccc7oc6c54)C13)C1CC3CC4CC2CC431. The van der Waals surface area contributed by atoms with Crippen LogP contribution in [0.15, 0.2) is 175 Å². The molecular weight excluding hydrogens is 1090 g/mol. The van der Waals surface area contributed by atoms with E-state index in [1.165, 1.54) is 163 Å². The molecule has 12 unspecified atom stereocenters. The summed E-state index contributed by atoms with van der Waals surface area (Å²) < 4.78 is 23.0. The maximum absolute atomic E-state index is 7.37. The van der Waals surface area contributed by atoms with Gasteiger partial charge < -0.3 is 22.5 Å². The monoisotopic (exact) mass is 1150 g/mol. The molecular formula is C80H55N7O2. The number of aromatic nitrogens is 5. The minimum atomic E-state index is -0.203. The molecule has 0 saturated heterocycles. The summed E-state index contributed by atoms with van der Waals surface area (Å²) in [5, 5.41) is 4.74. The van der Waals surface area contributed by atoms with Gasteiger partial charge in [0.25, 0.3) is 0 Å². The van der Waals surface area contributed by atoms with Crippen LogP contribution in [0.25, 0.3) is 111 Å². The highest BCUT2D eigenvalue weighted by molar-refractivity contribution is 6.25. The zero-order chi connectivity index (χ0) is 56.5. The van der Waals surface area contributed by atoms with Crippen LogP contribution in [0.3, 0.4) is 0 Å². The largest absolute Gasteiger partial charge is 0.454 e. The molecule has 11 heterocycles. The minimum absolute atomic E-state index is 0.0515. The Labute approximate surface area is 510 Å². The molecule has 0 N–H and O–H groups in total. The number of rotatable bonds is 3. The Morgan fingerprint density at radius 3 is 1.98 bits per heavy atom. The van der Waals surface area contributed by atoms with E-state index in [0.717, 1.165) is 91.9 Å². The number of allylic oxidation sites excluding steroid dienone is 5. The van der Waals surface area contributed by atoms with E-state index in [1.54, 1.807) is 16.7 Å². The van der Waals surface area contributed by atoms with Crippen molar-refractivity contribution in [2.24, 2.45) is 56.3 Å². The summed E-state index contributed by atoms with van der Waals surface area (Å²) in [5.74, 6) is 6.45. The lowest BCUT2D eigenvalue weighted by Gasteiger charge is -2.68. The van der Waals surface area contributed by atoms with Crippen LogP contribution in [-0.2, 0) is 12.8 Å². The summed E-state index contributed by atoms with van der Waals surface area (Å²) in [4.78, 5) is 22.5. The number of hydrogen-bond donors (Lipinski definition) is 0. The summed E-state index contributed by atoms with van der Waals surface area (Å²) in [6.45, 7) is 0. The van der Waals surface area contributed by atoms with Crippen molar-refractivity contribution in [2.45, 2.75) is 88.1 Å². The van der Waals surface area contributed by atoms with Crippen LogP contribution in [0.1, 0.15) is 126 Å². The van der Waals surface area contributed by atoms with E-state index in [2.05, 4.69) is 166 Å². The lowest BCUT2D eigenvalue weighted by molar-refractivity contribution is -0.166. The molecule has 12 aromatic rings. The fourth-order valence-electron chi connectivity index (χ4n) is 24.2. The lowest BCUT2D eigenvalue weighted by Crippen LogP contribution is -2.61. The summed E-state index contributed by atoms with van der Waals surface area (Å²) in [6, 6.07) is 46.6. The molecule has 26 rings (SSSR count). The molecule has 12 atom stereocenters. The zero-order valence-electron chi connectivity index (χ0n) is 48.7. The molecule has 6 saturated carbocycles. The molecule has 422 valence electrons. The molecule has 0 radical (unpaired) electrons. The van der Waals surface area contributed by atoms with Crippen molar-refractivity contribution >= 4 is 89.7 Å². The Morgan fingerprint density at radius 1 is 0.517 bits per heavy atom. The average molecular weight is 1150 g/mol. The number of aliphatic imine (C=N–C) groups is 2. The van der Waals surface area contributed by atoms with Gasteiger partial charge in [-0.1, -0.05) is 103 Å². The van der Waals surface area contributed by atoms with Gasteiger partial charge in [-0.05, 0) is 161 Å². The van der Waals surface area contributed by atoms with E-state index in [4.69, 9.17) is 28.8 Å². The number of para-hydroxylation sites is 3. The van der Waals surface area contributed by atoms with E-state index >= 15 is 0 Å². The smallest absolute Gasteiger partial charge is 0.163 e. The maximum atomic E-state index is 7.37. The molecule has 0 amide bonds. The Bertz CT molecular complexity index is 5670. The molecule has 6 fully saturated rings. The van der Waals surface area contributed by atoms with Crippen molar-refractivity contribution in [3.63, 3.8) is 0 Å². The second-order valence-electron chi connectivity index (χ2n) is 29.7. The molecule has 14 aliphatic rings. The third-order valence-electron chi connectivity index (χ3n) is 27.2. The molecule has 89 heavy (non-hydrogen) atoms. The Balaban J connectivity index is 0.867. The minimum Gasteiger partial charge on any atom is -0.454 e. The molecule has 9 heteroatoms. The van der Waals surface area contributed by atoms with Crippen molar-refractivity contribution in [3.8, 4) is 39.1 Å². The highest BCUT2D eigenvalue weighted by Gasteiger charge is 2.75. The lowest BCUT2D eigenvalue weighted by atomic mass is 9.36. The summed E-state index contributed by atoms with van der Waals surface area (Å²) in [7, 11) is 0. The van der Waals surface area contributed by atoms with Gasteiger partial charge in [0.05, 0.1) is 58.0 Å². The van der Waals surface area contributed by atoms with Crippen LogP contribution < -0.4 is 0 Å². The number of benzene rings is 5. The first kappa shape index (κ1) is 45.0. The molecule has 10 aliphatic carbocycles. The topological polar surface area (TPSA) is 91.6 Å². The van der Waals surface area contributed by atoms with Gasteiger partial charge in [0, 0.05) is 115 Å². The van der Waals surface area contributed by atoms with Gasteiger partial charge in [-0.3, -0.25) is 15.0 Å². The van der Waals surface area contributed by atoms with E-state index in [9.17, 15) is 0 Å². The Hall–Kier alpha value is -9.34. The first-order valence-corrected chi connectivity index (χ1v) is 33.3. The fourth-order valence-corrected chi connectivity index (χ4v) is 24.2. The maximum Gasteiger partial charge on any atom is 0.163 e. The second-order valence-corrected chi connectivity index (χ2v) is 29.7. The molecule has 2 spiro atoms. The van der Waals surface area contributed by atoms with Crippen LogP contribution in [0.4, 0.5) is 5.69 Å². The molecule has 9 nitrogen and oxygen atoms in total. The summed E-state index contributed by atoms with van der Waals surface area (Å²) in [5.41, 5.74) is 36.2. The number of furan rings is 2. The average Bonchev–Trinajstić information content (AvgIpc) is 1.54. The van der Waals surface area contributed by atoms with E-state index < -0.39 is 0 Å². The number of pyridine rings is 2. The van der Waals surface area contributed by atoms with Crippen LogP contribution in [0.2, 0.25) is 0 Å². The Kier molecular flexibility index (Phi) is 7.27. The van der Waals surface area contributed by atoms with Gasteiger partial charge in [-0.15, -0.1) is 0 Å². The van der Waals surface area contributed by atoms with Crippen molar-refractivity contribution < 1.29 is 8.83 Å². The third-order valence-corrected chi connectivity index (χ3v) is 27.2. The van der Waals surface area contributed by atoms with Crippen LogP contribution in [0, 0.1) is 46.3 Å². The summed E-state index contributed by atoms with van der Waals surface area (Å²) >= 11 is 0. The van der Waals surface area contributed by atoms with Crippen molar-refractivity contribution in [2.75, 3.05) is 0 Å². The Morgan fingerprint density at radius 2 is 1.17 bits per heavy atom. The van der Waals surface area contributed by atoms with Crippen LogP contribution in [-0.4, -0.2) is 36.1 Å². The quantitative estimate of drug-likeness (QED) is 0.176. The summed E-state index contributed by atoms with van der Waals surface area (Å²) in [6.07, 6.45) is 21.4. The first-order chi connectivity index (χ1) is 44.1. The third kappa shape index (κ3) is 4.61. The number of hydrogen-bond acceptors (Lipinski definition) is 6. The fraction of sp³-hybridized carbons (Fsp3) is 0.275. The van der Waals surface area contributed by atoms with Crippen molar-refractivity contribution in [1.29, 1.82) is 0 Å². The standard InChI is InChI=1S/C80H55N7O2/c1-3-12-36(13-4-1)44-18-11-19-45(37-14-5-2-6-15-37)74(44)85-52-28-48-60-54(32-81-70-38-22-40-24-42-26-50(62(60)70)79(40,42)30-38)86-56-34-83-72-46-16-7-9-20-58(46)88-77(72)66(56)68(75(48)86)64(52)65-53(85)29-49-61-55(33-82-71-39-23-41-25-43-27-51(63(61)71)80(41,43)31-39)87-57-35-84-73-47-17-8-10-21-59(47)89-78(73)67(57)69(65)76(49)87/h1-21,32-35,38-43,50-51,54,57H,22-31H2. The molecule has 4 aliphatic heterocycles. The van der Waals surface area contributed by atoms with Gasteiger partial charge >= 0.3 is 0 Å². The zero-order valence-corrected chi connectivity index (χ0v) is 48.7. The van der Waals surface area contributed by atoms with Gasteiger partial charge in [0.1, 0.15) is 22.4 Å². The highest BCUT2D eigenvalue weighted by atomic mass is 16.3. The predicted octanol–water partition coefficient (Wildman–Crippen LogP) is 18.2. The van der Waals surface area contributed by atoms with E-state index in [0.29, 0.717) is 34.5 Å². The van der Waals surface area contributed by atoms with Crippen molar-refractivity contribution in [3.05, 3.63) is 208 Å². The first-order valence-electron chi connectivity index (χ1n) is 33.3. The number of fused-ring (bicyclic) bond motifs is 32. The normalized spacial score (nSPS) is 30.8. The molecule has 5 aromatic carbocycles. The van der Waals surface area contributed by atoms with E-state index in [1.807, 2.05) is 0 Å². The van der Waals surface area contributed by atoms with Gasteiger partial charge in [0.15, 0.2) is 11.3 Å². The predicted molar refractivity (Wildman–Crippen MR) is 348 cm³/mol. The van der Waals surface area contributed by atoms with Crippen LogP contribution >= 0.6 is 0 Å². The molecule has 7 aromatic heterocycles. The van der Waals surface area contributed by atoms with Crippen molar-refractivity contribution in [1.82, 2.24) is 23.7 Å². The van der Waals surface area contributed by atoms with Gasteiger partial charge in [0.2, 0.25) is 0 Å². The molecule has 4 bridgehead atoms.